The number of nitrogens with zero attached hydrogens (tertiary/aromatic N) is 1. The Hall–Kier alpha value is -3.17. The van der Waals surface area contributed by atoms with Gasteiger partial charge in [0.1, 0.15) is 11.3 Å². The third-order valence-electron chi connectivity index (χ3n) is 3.96. The number of halogens is 6. The summed E-state index contributed by atoms with van der Waals surface area (Å²) in [5, 5.41) is 16.1. The summed E-state index contributed by atoms with van der Waals surface area (Å²) in [6.45, 7) is -0.444. The predicted molar refractivity (Wildman–Crippen MR) is 102 cm³/mol. The Labute approximate surface area is 181 Å². The fourth-order valence-corrected chi connectivity index (χ4v) is 3.53. The molecular formula is C18H15F6N3O5S. The minimum atomic E-state index is -5.08. The molecule has 0 aliphatic heterocycles. The van der Waals surface area contributed by atoms with E-state index < -0.39 is 34.0 Å². The van der Waals surface area contributed by atoms with Gasteiger partial charge < -0.3 is 15.2 Å². The average molecular weight is 499 g/mol. The van der Waals surface area contributed by atoms with Crippen LogP contribution in [0, 0.1) is 0 Å². The van der Waals surface area contributed by atoms with E-state index in [0.717, 1.165) is 6.07 Å². The summed E-state index contributed by atoms with van der Waals surface area (Å²) in [7, 11) is -3.76. The molecule has 0 saturated carbocycles. The zero-order valence-corrected chi connectivity index (χ0v) is 17.0. The van der Waals surface area contributed by atoms with Crippen molar-refractivity contribution in [1.29, 1.82) is 0 Å². The Balaban J connectivity index is 0.000000479. The van der Waals surface area contributed by atoms with E-state index in [2.05, 4.69) is 14.7 Å². The number of aliphatic hydroxyl groups is 1. The molecule has 1 aromatic carbocycles. The van der Waals surface area contributed by atoms with E-state index in [-0.39, 0.29) is 29.1 Å². The van der Waals surface area contributed by atoms with E-state index in [1.54, 1.807) is 6.07 Å². The summed E-state index contributed by atoms with van der Waals surface area (Å²) >= 11 is 0. The number of pyridine rings is 1. The van der Waals surface area contributed by atoms with Crippen LogP contribution >= 0.6 is 0 Å². The van der Waals surface area contributed by atoms with Gasteiger partial charge in [-0.3, -0.25) is 0 Å². The van der Waals surface area contributed by atoms with Crippen LogP contribution in [0.25, 0.3) is 22.2 Å². The number of nitrogens with one attached hydrogen (secondary N) is 2. The van der Waals surface area contributed by atoms with Crippen LogP contribution in [0.2, 0.25) is 0 Å². The van der Waals surface area contributed by atoms with Crippen LogP contribution in [0.3, 0.4) is 0 Å². The maximum absolute atomic E-state index is 12.9. The first-order valence-electron chi connectivity index (χ1n) is 8.73. The third kappa shape index (κ3) is 6.66. The van der Waals surface area contributed by atoms with Crippen LogP contribution in [0.1, 0.15) is 5.69 Å². The molecule has 0 bridgehead atoms. The largest absolute Gasteiger partial charge is 0.490 e. The van der Waals surface area contributed by atoms with Crippen molar-refractivity contribution >= 4 is 27.0 Å². The number of aromatic amines is 1. The molecule has 3 aromatic rings. The molecule has 0 atom stereocenters. The monoisotopic (exact) mass is 499 g/mol. The van der Waals surface area contributed by atoms with Gasteiger partial charge in [-0.2, -0.15) is 26.3 Å². The van der Waals surface area contributed by atoms with Crippen LogP contribution in [-0.2, 0) is 21.0 Å². The minimum absolute atomic E-state index is 0.00921. The van der Waals surface area contributed by atoms with Crippen LogP contribution in [-0.4, -0.2) is 53.9 Å². The maximum Gasteiger partial charge on any atom is 0.490 e. The molecule has 4 N–H and O–H groups in total. The summed E-state index contributed by atoms with van der Waals surface area (Å²) in [5.74, 6) is -2.76. The molecule has 3 rings (SSSR count). The number of hydrogen-bond acceptors (Lipinski definition) is 5. The van der Waals surface area contributed by atoms with Gasteiger partial charge in [0.2, 0.25) is 10.0 Å². The molecule has 33 heavy (non-hydrogen) atoms. The number of aliphatic carboxylic acids is 1. The average Bonchev–Trinajstić information content (AvgIpc) is 3.17. The van der Waals surface area contributed by atoms with Crippen LogP contribution in [0.15, 0.2) is 47.5 Å². The van der Waals surface area contributed by atoms with Gasteiger partial charge in [0.15, 0.2) is 0 Å². The van der Waals surface area contributed by atoms with E-state index in [1.165, 1.54) is 30.5 Å². The van der Waals surface area contributed by atoms with Crippen molar-refractivity contribution in [3.63, 3.8) is 0 Å². The van der Waals surface area contributed by atoms with E-state index in [0.29, 0.717) is 11.1 Å². The summed E-state index contributed by atoms with van der Waals surface area (Å²) in [5.41, 5.74) is 0.233. The van der Waals surface area contributed by atoms with Gasteiger partial charge in [0.05, 0.1) is 11.5 Å². The molecule has 180 valence electrons. The third-order valence-corrected chi connectivity index (χ3v) is 5.44. The van der Waals surface area contributed by atoms with E-state index in [9.17, 15) is 34.8 Å². The standard InChI is InChI=1S/C16H14F3N3O3S.C2HF3O2/c17-16(18,19)14-9-13-12(5-6-20-15(13)22-14)10-1-3-11(4-2-10)26(24,25)21-7-8-23;3-2(4,5)1(6)7/h1-6,9,21,23H,7-8H2,(H,20,22);(H,6,7). The second kappa shape index (κ2) is 9.76. The molecule has 15 heteroatoms. The van der Waals surface area contributed by atoms with Gasteiger partial charge in [-0.25, -0.2) is 22.9 Å². The highest BCUT2D eigenvalue weighted by Crippen LogP contribution is 2.34. The molecule has 2 heterocycles. The number of fused-ring (bicyclic) bond motifs is 1. The number of hydrogen-bond donors (Lipinski definition) is 4. The van der Waals surface area contributed by atoms with Crippen molar-refractivity contribution in [1.82, 2.24) is 14.7 Å². The molecular weight excluding hydrogens is 484 g/mol. The van der Waals surface area contributed by atoms with Gasteiger partial charge in [-0.1, -0.05) is 12.1 Å². The Morgan fingerprint density at radius 3 is 2.12 bits per heavy atom. The summed E-state index contributed by atoms with van der Waals surface area (Å²) in [4.78, 5) is 15.0. The maximum atomic E-state index is 12.9. The molecule has 0 unspecified atom stereocenters. The second-order valence-corrected chi connectivity index (χ2v) is 8.02. The molecule has 8 nitrogen and oxygen atoms in total. The molecule has 0 fully saturated rings. The summed E-state index contributed by atoms with van der Waals surface area (Å²) < 4.78 is 96.6. The first-order chi connectivity index (χ1) is 15.2. The SMILES string of the molecule is O=C(O)C(F)(F)F.O=S(=O)(NCCO)c1ccc(-c2ccnc3[nH]c(C(F)(F)F)cc23)cc1. The van der Waals surface area contributed by atoms with E-state index in [4.69, 9.17) is 15.0 Å². The molecule has 0 amide bonds. The molecule has 0 saturated heterocycles. The van der Waals surface area contributed by atoms with Gasteiger partial charge in [0.25, 0.3) is 0 Å². The number of benzene rings is 1. The lowest BCUT2D eigenvalue weighted by atomic mass is 10.0. The number of sulfonamides is 1. The highest BCUT2D eigenvalue weighted by molar-refractivity contribution is 7.89. The van der Waals surface area contributed by atoms with Crippen molar-refractivity contribution in [3.8, 4) is 11.1 Å². The second-order valence-electron chi connectivity index (χ2n) is 6.25. The number of H-pyrrole nitrogens is 1. The van der Waals surface area contributed by atoms with E-state index >= 15 is 0 Å². The Morgan fingerprint density at radius 2 is 1.64 bits per heavy atom. The van der Waals surface area contributed by atoms with Crippen LogP contribution in [0.5, 0.6) is 0 Å². The Bertz CT molecular complexity index is 1220. The van der Waals surface area contributed by atoms with Gasteiger partial charge in [0, 0.05) is 18.1 Å². The number of aliphatic hydroxyl groups excluding tert-OH is 1. The molecule has 0 radical (unpaired) electrons. The van der Waals surface area contributed by atoms with Crippen molar-refractivity contribution in [2.24, 2.45) is 0 Å². The van der Waals surface area contributed by atoms with Gasteiger partial charge >= 0.3 is 18.3 Å². The predicted octanol–water partition coefficient (Wildman–Crippen LogP) is 3.15. The van der Waals surface area contributed by atoms with E-state index in [1.807, 2.05) is 0 Å². The first kappa shape index (κ1) is 26.1. The first-order valence-corrected chi connectivity index (χ1v) is 10.2. The zero-order chi connectivity index (χ0) is 25.0. The lowest BCUT2D eigenvalue weighted by Gasteiger charge is -2.07. The van der Waals surface area contributed by atoms with Crippen molar-refractivity contribution < 1.29 is 49.8 Å². The highest BCUT2D eigenvalue weighted by atomic mass is 32.2. The number of alkyl halides is 6. The fourth-order valence-electron chi connectivity index (χ4n) is 2.51. The number of aromatic nitrogens is 2. The molecule has 2 aromatic heterocycles. The summed E-state index contributed by atoms with van der Waals surface area (Å²) in [6.07, 6.45) is -8.23. The number of carboxylic acid groups (broad SMARTS) is 1. The fraction of sp³-hybridized carbons (Fsp3) is 0.222. The Kier molecular flexibility index (Phi) is 7.72. The Morgan fingerprint density at radius 1 is 1.06 bits per heavy atom. The molecule has 0 aliphatic carbocycles. The smallest absolute Gasteiger partial charge is 0.475 e. The van der Waals surface area contributed by atoms with Gasteiger partial charge in [-0.05, 0) is 35.4 Å². The lowest BCUT2D eigenvalue weighted by Crippen LogP contribution is -2.26. The number of carboxylic acids is 1. The van der Waals surface area contributed by atoms with Crippen LogP contribution < -0.4 is 4.72 Å². The highest BCUT2D eigenvalue weighted by Gasteiger charge is 2.38. The topological polar surface area (TPSA) is 132 Å². The summed E-state index contributed by atoms with van der Waals surface area (Å²) in [6, 6.07) is 8.23. The minimum Gasteiger partial charge on any atom is -0.475 e. The molecule has 0 aliphatic rings. The quantitative estimate of drug-likeness (QED) is 0.399. The number of carbonyl (C=O) groups is 1. The normalized spacial score (nSPS) is 12.3. The lowest BCUT2D eigenvalue weighted by molar-refractivity contribution is -0.192. The molecule has 0 spiro atoms. The van der Waals surface area contributed by atoms with Crippen molar-refractivity contribution in [3.05, 3.63) is 48.3 Å². The van der Waals surface area contributed by atoms with Crippen molar-refractivity contribution in [2.45, 2.75) is 17.2 Å². The van der Waals surface area contributed by atoms with Crippen LogP contribution in [0.4, 0.5) is 26.3 Å². The zero-order valence-electron chi connectivity index (χ0n) is 16.2. The van der Waals surface area contributed by atoms with Crippen molar-refractivity contribution in [2.75, 3.05) is 13.2 Å². The van der Waals surface area contributed by atoms with Gasteiger partial charge in [-0.15, -0.1) is 0 Å². The number of rotatable bonds is 5.